The minimum absolute atomic E-state index is 0.230. The molecular weight excluding hydrogens is 461 g/mol. The van der Waals surface area contributed by atoms with E-state index in [1.54, 1.807) is 49.0 Å². The molecule has 3 aromatic rings. The lowest BCUT2D eigenvalue weighted by molar-refractivity contribution is -0.133. The van der Waals surface area contributed by atoms with Crippen LogP contribution in [0, 0.1) is 6.92 Å². The van der Waals surface area contributed by atoms with Gasteiger partial charge in [0.15, 0.2) is 0 Å². The van der Waals surface area contributed by atoms with Gasteiger partial charge in [0.2, 0.25) is 10.0 Å². The van der Waals surface area contributed by atoms with Crippen LogP contribution in [0.25, 0.3) is 16.7 Å². The van der Waals surface area contributed by atoms with Crippen LogP contribution in [0.2, 0.25) is 5.02 Å². The van der Waals surface area contributed by atoms with Gasteiger partial charge in [0.1, 0.15) is 12.4 Å². The number of hydrogen-bond acceptors (Lipinski definition) is 4. The Bertz CT molecular complexity index is 1250. The van der Waals surface area contributed by atoms with Crippen LogP contribution < -0.4 is 0 Å². The number of aryl methyl sites for hydroxylation is 2. The first-order valence-corrected chi connectivity index (χ1v) is 10.9. The van der Waals surface area contributed by atoms with Crippen molar-refractivity contribution < 1.29 is 31.5 Å². The van der Waals surface area contributed by atoms with Crippen LogP contribution in [-0.4, -0.2) is 56.7 Å². The first-order chi connectivity index (χ1) is 14.3. The number of rotatable bonds is 6. The number of nitrogens with zero attached hydrogens (tertiary/aromatic N) is 4. The number of halogens is 4. The van der Waals surface area contributed by atoms with Crippen molar-refractivity contribution >= 4 is 38.6 Å². The molecule has 0 radical (unpaired) electrons. The maximum atomic E-state index is 12.7. The summed E-state index contributed by atoms with van der Waals surface area (Å²) in [7, 11) is -3.10. The van der Waals surface area contributed by atoms with E-state index in [1.165, 1.54) is 4.68 Å². The van der Waals surface area contributed by atoms with Crippen LogP contribution in [0.4, 0.5) is 18.0 Å². The van der Waals surface area contributed by atoms with Gasteiger partial charge < -0.3 is 9.67 Å². The van der Waals surface area contributed by atoms with Crippen molar-refractivity contribution in [1.82, 2.24) is 18.7 Å². The Labute approximate surface area is 180 Å². The standard InChI is InChI=1S/C18H18ClF3N4O4S/c1-11-14(6-8-31(29,30)26(17(27)28)10-18(20,21)22)16(24(2)23-11)25-7-5-12-9-13(19)3-4-15(12)25/h3-5,7,9H,6,8,10H2,1-2H3,(H,27,28). The third kappa shape index (κ3) is 4.79. The number of benzene rings is 1. The molecule has 0 bridgehead atoms. The highest BCUT2D eigenvalue weighted by molar-refractivity contribution is 7.89. The molecule has 8 nitrogen and oxygen atoms in total. The zero-order valence-electron chi connectivity index (χ0n) is 16.4. The molecule has 2 aromatic heterocycles. The van der Waals surface area contributed by atoms with Crippen LogP contribution in [-0.2, 0) is 23.5 Å². The number of alkyl halides is 3. The lowest BCUT2D eigenvalue weighted by atomic mass is 10.2. The van der Waals surface area contributed by atoms with Gasteiger partial charge in [0.05, 0.1) is 17.0 Å². The SMILES string of the molecule is Cc1nn(C)c(-n2ccc3cc(Cl)ccc32)c1CCS(=O)(=O)N(CC(F)(F)F)C(=O)O. The first kappa shape index (κ1) is 22.9. The highest BCUT2D eigenvalue weighted by Crippen LogP contribution is 2.27. The Kier molecular flexibility index (Phi) is 5.98. The number of amides is 1. The molecule has 0 saturated carbocycles. The maximum Gasteiger partial charge on any atom is 0.421 e. The zero-order chi connectivity index (χ0) is 23.1. The highest BCUT2D eigenvalue weighted by atomic mass is 35.5. The summed E-state index contributed by atoms with van der Waals surface area (Å²) in [4.78, 5) is 11.1. The Hall–Kier alpha value is -2.73. The summed E-state index contributed by atoms with van der Waals surface area (Å²) in [5.41, 5.74) is 1.71. The summed E-state index contributed by atoms with van der Waals surface area (Å²) in [6.45, 7) is -0.467. The molecule has 3 rings (SSSR count). The number of hydrogen-bond donors (Lipinski definition) is 1. The van der Waals surface area contributed by atoms with Gasteiger partial charge in [-0.05, 0) is 37.6 Å². The van der Waals surface area contributed by atoms with E-state index in [4.69, 9.17) is 16.7 Å². The fourth-order valence-corrected chi connectivity index (χ4v) is 4.82. The van der Waals surface area contributed by atoms with E-state index >= 15 is 0 Å². The van der Waals surface area contributed by atoms with E-state index in [2.05, 4.69) is 5.10 Å². The molecule has 0 aliphatic rings. The lowest BCUT2D eigenvalue weighted by Crippen LogP contribution is -2.43. The summed E-state index contributed by atoms with van der Waals surface area (Å²) in [6.07, 6.45) is -5.67. The van der Waals surface area contributed by atoms with Gasteiger partial charge in [-0.25, -0.2) is 13.2 Å². The molecule has 0 unspecified atom stereocenters. The van der Waals surface area contributed by atoms with Gasteiger partial charge in [-0.2, -0.15) is 22.6 Å². The molecule has 0 fully saturated rings. The average molecular weight is 479 g/mol. The molecule has 1 aromatic carbocycles. The number of fused-ring (bicyclic) bond motifs is 1. The van der Waals surface area contributed by atoms with E-state index in [9.17, 15) is 26.4 Å². The van der Waals surface area contributed by atoms with Crippen LogP contribution in [0.1, 0.15) is 11.3 Å². The minimum atomic E-state index is -4.99. The second-order valence-corrected chi connectivity index (χ2v) is 9.32. The van der Waals surface area contributed by atoms with Gasteiger partial charge in [0, 0.05) is 29.2 Å². The zero-order valence-corrected chi connectivity index (χ0v) is 18.0. The summed E-state index contributed by atoms with van der Waals surface area (Å²) >= 11 is 6.02. The smallest absolute Gasteiger partial charge is 0.421 e. The Balaban J connectivity index is 1.97. The lowest BCUT2D eigenvalue weighted by Gasteiger charge is -2.20. The summed E-state index contributed by atoms with van der Waals surface area (Å²) in [5.74, 6) is -0.317. The van der Waals surface area contributed by atoms with Crippen molar-refractivity contribution in [3.8, 4) is 5.82 Å². The Morgan fingerprint density at radius 1 is 1.29 bits per heavy atom. The van der Waals surface area contributed by atoms with Crippen molar-refractivity contribution in [1.29, 1.82) is 0 Å². The molecule has 13 heteroatoms. The molecular formula is C18H18ClF3N4O4S. The van der Waals surface area contributed by atoms with Crippen LogP contribution >= 0.6 is 11.6 Å². The van der Waals surface area contributed by atoms with Gasteiger partial charge in [-0.3, -0.25) is 4.68 Å². The number of carboxylic acid groups (broad SMARTS) is 1. The number of sulfonamides is 1. The van der Waals surface area contributed by atoms with Gasteiger partial charge in [-0.1, -0.05) is 11.6 Å². The molecule has 31 heavy (non-hydrogen) atoms. The van der Waals surface area contributed by atoms with Crippen molar-refractivity contribution in [3.63, 3.8) is 0 Å². The molecule has 1 amide bonds. The second kappa shape index (κ2) is 8.08. The quantitative estimate of drug-likeness (QED) is 0.582. The van der Waals surface area contributed by atoms with E-state index in [0.29, 0.717) is 22.1 Å². The topological polar surface area (TPSA) is 97.4 Å². The largest absolute Gasteiger partial charge is 0.464 e. The maximum absolute atomic E-state index is 12.7. The summed E-state index contributed by atoms with van der Waals surface area (Å²) in [5, 5.41) is 14.6. The van der Waals surface area contributed by atoms with Crippen LogP contribution in [0.3, 0.4) is 0 Å². The highest BCUT2D eigenvalue weighted by Gasteiger charge is 2.39. The predicted octanol–water partition coefficient (Wildman–Crippen LogP) is 3.74. The molecule has 0 atom stereocenters. The Morgan fingerprint density at radius 3 is 2.58 bits per heavy atom. The predicted molar refractivity (Wildman–Crippen MR) is 108 cm³/mol. The fraction of sp³-hybridized carbons (Fsp3) is 0.333. The van der Waals surface area contributed by atoms with E-state index in [-0.39, 0.29) is 6.42 Å². The fourth-order valence-electron chi connectivity index (χ4n) is 3.37. The van der Waals surface area contributed by atoms with Gasteiger partial charge >= 0.3 is 12.3 Å². The van der Waals surface area contributed by atoms with E-state index in [0.717, 1.165) is 10.9 Å². The third-order valence-corrected chi connectivity index (χ3v) is 6.59. The van der Waals surface area contributed by atoms with Crippen molar-refractivity contribution in [3.05, 3.63) is 46.7 Å². The summed E-state index contributed by atoms with van der Waals surface area (Å²) < 4.78 is 65.5. The number of carbonyl (C=O) groups is 1. The Morgan fingerprint density at radius 2 is 1.97 bits per heavy atom. The van der Waals surface area contributed by atoms with Gasteiger partial charge in [0.25, 0.3) is 0 Å². The average Bonchev–Trinajstić information content (AvgIpc) is 3.16. The normalized spacial score (nSPS) is 12.5. The molecule has 1 N–H and O–H groups in total. The van der Waals surface area contributed by atoms with Crippen LogP contribution in [0.5, 0.6) is 0 Å². The van der Waals surface area contributed by atoms with Gasteiger partial charge in [-0.15, -0.1) is 0 Å². The van der Waals surface area contributed by atoms with Crippen molar-refractivity contribution in [2.75, 3.05) is 12.3 Å². The molecule has 0 spiro atoms. The molecule has 168 valence electrons. The molecule has 0 saturated heterocycles. The first-order valence-electron chi connectivity index (χ1n) is 8.90. The molecule has 2 heterocycles. The van der Waals surface area contributed by atoms with E-state index in [1.807, 2.05) is 0 Å². The summed E-state index contributed by atoms with van der Waals surface area (Å²) in [6, 6.07) is 7.02. The number of aromatic nitrogens is 3. The monoisotopic (exact) mass is 478 g/mol. The third-order valence-electron chi connectivity index (χ3n) is 4.68. The van der Waals surface area contributed by atoms with Crippen molar-refractivity contribution in [2.24, 2.45) is 7.05 Å². The van der Waals surface area contributed by atoms with Crippen molar-refractivity contribution in [2.45, 2.75) is 19.5 Å². The molecule has 0 aliphatic carbocycles. The van der Waals surface area contributed by atoms with E-state index < -0.39 is 38.9 Å². The minimum Gasteiger partial charge on any atom is -0.464 e. The second-order valence-electron chi connectivity index (χ2n) is 6.87. The molecule has 0 aliphatic heterocycles. The van der Waals surface area contributed by atoms with Crippen LogP contribution in [0.15, 0.2) is 30.5 Å².